The summed E-state index contributed by atoms with van der Waals surface area (Å²) in [5, 5.41) is 1.97. The highest BCUT2D eigenvalue weighted by atomic mass is 127. The first-order chi connectivity index (χ1) is 12.2. The van der Waals surface area contributed by atoms with E-state index in [2.05, 4.69) is 24.0 Å². The van der Waals surface area contributed by atoms with Gasteiger partial charge in [0.25, 0.3) is 0 Å². The number of alkyl halides is 3. The lowest BCUT2D eigenvalue weighted by Gasteiger charge is -2.14. The summed E-state index contributed by atoms with van der Waals surface area (Å²) in [5.74, 6) is -2.06. The molecule has 2 aromatic rings. The molecular weight excluding hydrogens is 480 g/mol. The quantitative estimate of drug-likeness (QED) is 0.422. The fraction of sp³-hybridized carbons (Fsp3) is 0.333. The Kier molecular flexibility index (Phi) is 5.22. The molecule has 0 spiro atoms. The van der Waals surface area contributed by atoms with Crippen LogP contribution in [0, 0.1) is 3.70 Å². The molecule has 138 valence electrons. The fourth-order valence-corrected chi connectivity index (χ4v) is 3.72. The first-order valence-corrected chi connectivity index (χ1v) is 9.47. The predicted octanol–water partition coefficient (Wildman–Crippen LogP) is 5.95. The summed E-state index contributed by atoms with van der Waals surface area (Å²) in [5.41, 5.74) is 2.74. The van der Waals surface area contributed by atoms with Gasteiger partial charge in [0.2, 0.25) is 0 Å². The number of hydrogen-bond donors (Lipinski definition) is 1. The number of halogens is 5. The second-order valence-corrected chi connectivity index (χ2v) is 7.75. The van der Waals surface area contributed by atoms with Crippen LogP contribution < -0.4 is 5.32 Å². The molecule has 0 aliphatic heterocycles. The van der Waals surface area contributed by atoms with Gasteiger partial charge in [-0.15, -0.1) is 0 Å². The van der Waals surface area contributed by atoms with Gasteiger partial charge >= 0.3 is 12.1 Å². The standard InChI is InChI=1S/C18H15ClF3IN2O/c1-2-17(7-8-17)11-5-3-10(4-6-11)14-12(19)9-13(15(23)25-14)24-16(26)18(20,21)22/h3-6,9H,2,7-8H2,1H3,(H,24,26). The molecule has 3 nitrogen and oxygen atoms in total. The molecule has 1 heterocycles. The number of hydrogen-bond acceptors (Lipinski definition) is 2. The van der Waals surface area contributed by atoms with E-state index < -0.39 is 12.1 Å². The normalized spacial score (nSPS) is 15.6. The van der Waals surface area contributed by atoms with E-state index in [0.717, 1.165) is 12.0 Å². The van der Waals surface area contributed by atoms with E-state index >= 15 is 0 Å². The molecule has 1 aromatic carbocycles. The number of aromatic nitrogens is 1. The Morgan fingerprint density at radius 3 is 2.42 bits per heavy atom. The predicted molar refractivity (Wildman–Crippen MR) is 103 cm³/mol. The maximum absolute atomic E-state index is 12.4. The second kappa shape index (κ2) is 6.99. The van der Waals surface area contributed by atoms with Gasteiger partial charge in [-0.1, -0.05) is 42.8 Å². The van der Waals surface area contributed by atoms with Crippen LogP contribution >= 0.6 is 34.2 Å². The highest BCUT2D eigenvalue weighted by molar-refractivity contribution is 14.1. The van der Waals surface area contributed by atoms with E-state index in [-0.39, 0.29) is 19.8 Å². The van der Waals surface area contributed by atoms with E-state index in [0.29, 0.717) is 5.69 Å². The Hall–Kier alpha value is -1.35. The topological polar surface area (TPSA) is 42.0 Å². The zero-order valence-electron chi connectivity index (χ0n) is 13.8. The number of benzene rings is 1. The van der Waals surface area contributed by atoms with Gasteiger partial charge < -0.3 is 5.32 Å². The van der Waals surface area contributed by atoms with Crippen molar-refractivity contribution in [3.8, 4) is 11.3 Å². The summed E-state index contributed by atoms with van der Waals surface area (Å²) in [7, 11) is 0. The van der Waals surface area contributed by atoms with Gasteiger partial charge in [-0.2, -0.15) is 13.2 Å². The summed E-state index contributed by atoms with van der Waals surface area (Å²) < 4.78 is 37.5. The molecular formula is C18H15ClF3IN2O. The largest absolute Gasteiger partial charge is 0.471 e. The zero-order valence-corrected chi connectivity index (χ0v) is 16.7. The van der Waals surface area contributed by atoms with Crippen LogP contribution in [0.1, 0.15) is 31.7 Å². The Morgan fingerprint density at radius 2 is 1.92 bits per heavy atom. The van der Waals surface area contributed by atoms with E-state index in [1.165, 1.54) is 24.5 Å². The lowest BCUT2D eigenvalue weighted by Crippen LogP contribution is -2.30. The van der Waals surface area contributed by atoms with E-state index in [4.69, 9.17) is 11.6 Å². The minimum absolute atomic E-state index is 0.0683. The fourth-order valence-electron chi connectivity index (χ4n) is 2.93. The highest BCUT2D eigenvalue weighted by Crippen LogP contribution is 2.51. The van der Waals surface area contributed by atoms with Crippen molar-refractivity contribution in [3.63, 3.8) is 0 Å². The summed E-state index contributed by atoms with van der Waals surface area (Å²) in [6.07, 6.45) is -1.50. The number of pyridine rings is 1. The first-order valence-electron chi connectivity index (χ1n) is 8.01. The molecule has 1 saturated carbocycles. The molecule has 8 heteroatoms. The maximum Gasteiger partial charge on any atom is 0.471 e. The minimum Gasteiger partial charge on any atom is -0.316 e. The summed E-state index contributed by atoms with van der Waals surface area (Å²) in [4.78, 5) is 15.4. The van der Waals surface area contributed by atoms with Crippen molar-refractivity contribution >= 4 is 45.8 Å². The zero-order chi connectivity index (χ0) is 19.1. The van der Waals surface area contributed by atoms with Gasteiger partial charge in [-0.25, -0.2) is 4.98 Å². The van der Waals surface area contributed by atoms with E-state index in [1.54, 1.807) is 27.9 Å². The van der Waals surface area contributed by atoms with Gasteiger partial charge in [0.05, 0.1) is 16.4 Å². The van der Waals surface area contributed by atoms with Crippen LogP contribution in [0.5, 0.6) is 0 Å². The Bertz CT molecular complexity index is 849. The molecule has 0 radical (unpaired) electrons. The summed E-state index contributed by atoms with van der Waals surface area (Å²) >= 11 is 7.98. The average Bonchev–Trinajstić information content (AvgIpc) is 3.38. The van der Waals surface area contributed by atoms with Crippen molar-refractivity contribution in [2.45, 2.75) is 37.8 Å². The lowest BCUT2D eigenvalue weighted by atomic mass is 9.92. The van der Waals surface area contributed by atoms with Crippen LogP contribution in [-0.4, -0.2) is 17.1 Å². The van der Waals surface area contributed by atoms with Gasteiger partial charge in [0.1, 0.15) is 3.70 Å². The molecule has 1 fully saturated rings. The molecule has 0 bridgehead atoms. The maximum atomic E-state index is 12.4. The molecule has 0 unspecified atom stereocenters. The van der Waals surface area contributed by atoms with Crippen molar-refractivity contribution in [1.82, 2.24) is 4.98 Å². The van der Waals surface area contributed by atoms with Gasteiger partial charge in [0, 0.05) is 5.56 Å². The van der Waals surface area contributed by atoms with Crippen molar-refractivity contribution < 1.29 is 18.0 Å². The second-order valence-electron chi connectivity index (χ2n) is 6.32. The first kappa shape index (κ1) is 19.4. The lowest BCUT2D eigenvalue weighted by molar-refractivity contribution is -0.167. The van der Waals surface area contributed by atoms with E-state index in [1.807, 2.05) is 12.1 Å². The van der Waals surface area contributed by atoms with Gasteiger partial charge in [-0.3, -0.25) is 4.79 Å². The number of nitrogens with one attached hydrogen (secondary N) is 1. The average molecular weight is 495 g/mol. The Labute approximate surface area is 167 Å². The van der Waals surface area contributed by atoms with Crippen molar-refractivity contribution in [3.05, 3.63) is 44.6 Å². The number of nitrogens with zero attached hydrogens (tertiary/aromatic N) is 1. The molecule has 1 amide bonds. The molecule has 3 rings (SSSR count). The SMILES string of the molecule is CCC1(c2ccc(-c3nc(I)c(NC(=O)C(F)(F)F)cc3Cl)cc2)CC1. The third-order valence-corrected chi connectivity index (χ3v) is 5.85. The number of carbonyl (C=O) groups excluding carboxylic acids is 1. The minimum atomic E-state index is -4.97. The molecule has 1 aromatic heterocycles. The third-order valence-electron chi connectivity index (χ3n) is 4.74. The van der Waals surface area contributed by atoms with Crippen LogP contribution in [0.25, 0.3) is 11.3 Å². The van der Waals surface area contributed by atoms with Crippen LogP contribution in [-0.2, 0) is 10.2 Å². The third kappa shape index (κ3) is 3.83. The molecule has 0 atom stereocenters. The number of amides is 1. The van der Waals surface area contributed by atoms with Crippen LogP contribution in [0.3, 0.4) is 0 Å². The van der Waals surface area contributed by atoms with Crippen molar-refractivity contribution in [2.75, 3.05) is 5.32 Å². The smallest absolute Gasteiger partial charge is 0.316 e. The molecule has 0 saturated heterocycles. The number of anilines is 1. The summed E-state index contributed by atoms with van der Waals surface area (Å²) in [6, 6.07) is 9.23. The number of rotatable bonds is 4. The molecule has 1 aliphatic carbocycles. The number of carbonyl (C=O) groups is 1. The van der Waals surface area contributed by atoms with Gasteiger partial charge in [0.15, 0.2) is 0 Å². The van der Waals surface area contributed by atoms with Crippen LogP contribution in [0.15, 0.2) is 30.3 Å². The van der Waals surface area contributed by atoms with Crippen LogP contribution in [0.4, 0.5) is 18.9 Å². The van der Waals surface area contributed by atoms with Crippen LogP contribution in [0.2, 0.25) is 5.02 Å². The monoisotopic (exact) mass is 494 g/mol. The summed E-state index contributed by atoms with van der Waals surface area (Å²) in [6.45, 7) is 2.18. The van der Waals surface area contributed by atoms with E-state index in [9.17, 15) is 18.0 Å². The molecule has 26 heavy (non-hydrogen) atoms. The van der Waals surface area contributed by atoms with Crippen molar-refractivity contribution in [1.29, 1.82) is 0 Å². The van der Waals surface area contributed by atoms with Gasteiger partial charge in [-0.05, 0) is 58.9 Å². The molecule has 1 aliphatic rings. The Balaban J connectivity index is 1.87. The Morgan fingerprint density at radius 1 is 1.31 bits per heavy atom. The highest BCUT2D eigenvalue weighted by Gasteiger charge is 2.42. The molecule has 1 N–H and O–H groups in total. The van der Waals surface area contributed by atoms with Crippen molar-refractivity contribution in [2.24, 2.45) is 0 Å².